The lowest BCUT2D eigenvalue weighted by molar-refractivity contribution is -0.137. The van der Waals surface area contributed by atoms with Crippen LogP contribution in [0.4, 0.5) is 0 Å². The number of nitrogens with zero attached hydrogens (tertiary/aromatic N) is 2. The van der Waals surface area contributed by atoms with Gasteiger partial charge in [0, 0.05) is 13.0 Å². The van der Waals surface area contributed by atoms with E-state index in [0.717, 1.165) is 0 Å². The molecule has 0 aliphatic heterocycles. The zero-order valence-corrected chi connectivity index (χ0v) is 12.2. The van der Waals surface area contributed by atoms with Gasteiger partial charge in [-0.15, -0.1) is 12.3 Å². The topological polar surface area (TPSA) is 101 Å². The highest BCUT2D eigenvalue weighted by Crippen LogP contribution is 2.19. The first-order chi connectivity index (χ1) is 9.29. The Morgan fingerprint density at radius 2 is 2.15 bits per heavy atom. The minimum absolute atomic E-state index is 0.0833. The number of carboxylic acids is 1. The van der Waals surface area contributed by atoms with E-state index in [1.807, 2.05) is 0 Å². The Kier molecular flexibility index (Phi) is 5.30. The van der Waals surface area contributed by atoms with Crippen molar-refractivity contribution in [2.24, 2.45) is 0 Å². The number of aliphatic carboxylic acids is 1. The summed E-state index contributed by atoms with van der Waals surface area (Å²) < 4.78 is 28.1. The number of aryl methyl sites for hydroxylation is 2. The van der Waals surface area contributed by atoms with E-state index in [9.17, 15) is 13.2 Å². The lowest BCUT2D eigenvalue weighted by Gasteiger charge is -2.06. The van der Waals surface area contributed by atoms with Crippen LogP contribution >= 0.6 is 0 Å². The van der Waals surface area contributed by atoms with E-state index in [0.29, 0.717) is 17.8 Å². The smallest absolute Gasteiger partial charge is 0.305 e. The quantitative estimate of drug-likeness (QED) is 0.556. The molecular weight excluding hydrogens is 282 g/mol. The molecule has 0 spiro atoms. The SMILES string of the molecule is C#CCCNS(=O)(=O)c1c(C)nn(CCC(=O)O)c1C. The summed E-state index contributed by atoms with van der Waals surface area (Å²) >= 11 is 0. The molecule has 1 aromatic rings. The predicted octanol–water partition coefficient (Wildman–Crippen LogP) is 0.276. The van der Waals surface area contributed by atoms with Crippen molar-refractivity contribution in [1.82, 2.24) is 14.5 Å². The Hall–Kier alpha value is -1.85. The summed E-state index contributed by atoms with van der Waals surface area (Å²) in [6, 6.07) is 0. The van der Waals surface area contributed by atoms with Gasteiger partial charge in [-0.2, -0.15) is 5.10 Å². The van der Waals surface area contributed by atoms with E-state index in [1.165, 1.54) is 4.68 Å². The third kappa shape index (κ3) is 3.82. The van der Waals surface area contributed by atoms with E-state index >= 15 is 0 Å². The van der Waals surface area contributed by atoms with Gasteiger partial charge in [0.05, 0.1) is 24.4 Å². The average Bonchev–Trinajstić information content (AvgIpc) is 2.62. The van der Waals surface area contributed by atoms with Gasteiger partial charge in [0.2, 0.25) is 10.0 Å². The molecule has 2 N–H and O–H groups in total. The molecule has 0 saturated heterocycles. The number of sulfonamides is 1. The fourth-order valence-electron chi connectivity index (χ4n) is 1.82. The molecule has 0 atom stereocenters. The van der Waals surface area contributed by atoms with E-state index in [4.69, 9.17) is 11.5 Å². The molecule has 0 fully saturated rings. The minimum Gasteiger partial charge on any atom is -0.481 e. The maximum absolute atomic E-state index is 12.2. The van der Waals surface area contributed by atoms with Crippen LogP contribution in [-0.2, 0) is 21.4 Å². The Morgan fingerprint density at radius 1 is 1.50 bits per heavy atom. The zero-order valence-electron chi connectivity index (χ0n) is 11.4. The molecule has 0 bridgehead atoms. The van der Waals surface area contributed by atoms with Crippen molar-refractivity contribution in [2.75, 3.05) is 6.54 Å². The summed E-state index contributed by atoms with van der Waals surface area (Å²) in [6.07, 6.45) is 5.25. The molecule has 1 aromatic heterocycles. The molecule has 1 heterocycles. The van der Waals surface area contributed by atoms with Crippen LogP contribution in [0.2, 0.25) is 0 Å². The zero-order chi connectivity index (χ0) is 15.3. The molecule has 0 aromatic carbocycles. The molecule has 0 radical (unpaired) electrons. The van der Waals surface area contributed by atoms with Crippen LogP contribution in [0.3, 0.4) is 0 Å². The molecule has 7 nitrogen and oxygen atoms in total. The van der Waals surface area contributed by atoms with E-state index < -0.39 is 16.0 Å². The summed E-state index contributed by atoms with van der Waals surface area (Å²) in [5.74, 6) is 1.38. The molecule has 0 amide bonds. The van der Waals surface area contributed by atoms with Crippen molar-refractivity contribution in [3.8, 4) is 12.3 Å². The van der Waals surface area contributed by atoms with Crippen molar-refractivity contribution < 1.29 is 18.3 Å². The monoisotopic (exact) mass is 299 g/mol. The Morgan fingerprint density at radius 3 is 2.70 bits per heavy atom. The summed E-state index contributed by atoms with van der Waals surface area (Å²) in [5.41, 5.74) is 0.748. The maximum atomic E-state index is 12.2. The second-order valence-corrected chi connectivity index (χ2v) is 5.92. The largest absolute Gasteiger partial charge is 0.481 e. The van der Waals surface area contributed by atoms with Crippen LogP contribution < -0.4 is 4.72 Å². The van der Waals surface area contributed by atoms with Crippen LogP contribution in [0.25, 0.3) is 0 Å². The fraction of sp³-hybridized carbons (Fsp3) is 0.500. The number of nitrogens with one attached hydrogen (secondary N) is 1. The highest BCUT2D eigenvalue weighted by Gasteiger charge is 2.24. The normalized spacial score (nSPS) is 11.2. The number of terminal acetylenes is 1. The highest BCUT2D eigenvalue weighted by molar-refractivity contribution is 7.89. The summed E-state index contributed by atoms with van der Waals surface area (Å²) in [7, 11) is -3.69. The lowest BCUT2D eigenvalue weighted by atomic mass is 10.4. The third-order valence-electron chi connectivity index (χ3n) is 2.68. The first kappa shape index (κ1) is 16.2. The molecule has 0 saturated carbocycles. The maximum Gasteiger partial charge on any atom is 0.305 e. The molecule has 8 heteroatoms. The van der Waals surface area contributed by atoms with Crippen molar-refractivity contribution in [2.45, 2.75) is 38.1 Å². The van der Waals surface area contributed by atoms with E-state index in [-0.39, 0.29) is 24.4 Å². The van der Waals surface area contributed by atoms with E-state index in [2.05, 4.69) is 15.7 Å². The Labute approximate surface area is 118 Å². The summed E-state index contributed by atoms with van der Waals surface area (Å²) in [5, 5.41) is 12.7. The Balaban J connectivity index is 3.01. The summed E-state index contributed by atoms with van der Waals surface area (Å²) in [4.78, 5) is 10.6. The number of carbonyl (C=O) groups is 1. The second-order valence-electron chi connectivity index (χ2n) is 4.22. The van der Waals surface area contributed by atoms with Crippen LogP contribution in [0.15, 0.2) is 4.90 Å². The second kappa shape index (κ2) is 6.54. The van der Waals surface area contributed by atoms with Crippen LogP contribution in [0, 0.1) is 26.2 Å². The first-order valence-electron chi connectivity index (χ1n) is 5.98. The highest BCUT2D eigenvalue weighted by atomic mass is 32.2. The van der Waals surface area contributed by atoms with Crippen LogP contribution in [0.1, 0.15) is 24.2 Å². The Bertz CT molecular complexity index is 640. The molecule has 0 aliphatic rings. The number of aromatic nitrogens is 2. The van der Waals surface area contributed by atoms with Gasteiger partial charge in [-0.1, -0.05) is 0 Å². The molecule has 110 valence electrons. The van der Waals surface area contributed by atoms with Crippen molar-refractivity contribution >= 4 is 16.0 Å². The minimum atomic E-state index is -3.69. The van der Waals surface area contributed by atoms with Gasteiger partial charge in [-0.05, 0) is 13.8 Å². The summed E-state index contributed by atoms with van der Waals surface area (Å²) in [6.45, 7) is 3.44. The van der Waals surface area contributed by atoms with Crippen molar-refractivity contribution in [3.63, 3.8) is 0 Å². The van der Waals surface area contributed by atoms with Crippen LogP contribution in [-0.4, -0.2) is 35.8 Å². The fourth-order valence-corrected chi connectivity index (χ4v) is 3.26. The predicted molar refractivity (Wildman–Crippen MR) is 72.6 cm³/mol. The molecule has 1 rings (SSSR count). The van der Waals surface area contributed by atoms with Gasteiger partial charge >= 0.3 is 5.97 Å². The molecular formula is C12H17N3O4S. The standard InChI is InChI=1S/C12H17N3O4S/c1-4-5-7-13-20(18,19)12-9(2)14-15(10(12)3)8-6-11(16)17/h1,13H,5-8H2,2-3H3,(H,16,17). The van der Waals surface area contributed by atoms with Crippen molar-refractivity contribution in [3.05, 3.63) is 11.4 Å². The number of carboxylic acid groups (broad SMARTS) is 1. The van der Waals surface area contributed by atoms with Gasteiger partial charge in [-0.3, -0.25) is 9.48 Å². The average molecular weight is 299 g/mol. The van der Waals surface area contributed by atoms with Gasteiger partial charge in [0.1, 0.15) is 4.90 Å². The number of hydrogen-bond donors (Lipinski definition) is 2. The molecule has 0 aliphatic carbocycles. The number of hydrogen-bond acceptors (Lipinski definition) is 4. The van der Waals surface area contributed by atoms with Gasteiger partial charge in [0.15, 0.2) is 0 Å². The molecule has 20 heavy (non-hydrogen) atoms. The lowest BCUT2D eigenvalue weighted by Crippen LogP contribution is -2.25. The van der Waals surface area contributed by atoms with Crippen LogP contribution in [0.5, 0.6) is 0 Å². The van der Waals surface area contributed by atoms with Gasteiger partial charge < -0.3 is 5.11 Å². The third-order valence-corrected chi connectivity index (χ3v) is 4.40. The van der Waals surface area contributed by atoms with Crippen molar-refractivity contribution in [1.29, 1.82) is 0 Å². The van der Waals surface area contributed by atoms with Gasteiger partial charge in [-0.25, -0.2) is 13.1 Å². The molecule has 0 unspecified atom stereocenters. The van der Waals surface area contributed by atoms with Gasteiger partial charge in [0.25, 0.3) is 0 Å². The van der Waals surface area contributed by atoms with E-state index in [1.54, 1.807) is 13.8 Å². The first-order valence-corrected chi connectivity index (χ1v) is 7.47. The number of rotatable bonds is 7.